The summed E-state index contributed by atoms with van der Waals surface area (Å²) in [7, 11) is 1.69. The highest BCUT2D eigenvalue weighted by atomic mass is 32.1. The third-order valence-electron chi connectivity index (χ3n) is 3.99. The molecule has 3 aromatic rings. The van der Waals surface area contributed by atoms with Crippen molar-refractivity contribution in [2.45, 2.75) is 6.92 Å². The number of benzene rings is 1. The first-order chi connectivity index (χ1) is 13.0. The number of hydrogen-bond donors (Lipinski definition) is 2. The van der Waals surface area contributed by atoms with E-state index in [4.69, 9.17) is 5.73 Å². The Hall–Kier alpha value is -3.10. The summed E-state index contributed by atoms with van der Waals surface area (Å²) in [6, 6.07) is 11.7. The molecule has 0 aliphatic heterocycles. The van der Waals surface area contributed by atoms with Gasteiger partial charge in [-0.2, -0.15) is 0 Å². The van der Waals surface area contributed by atoms with E-state index in [2.05, 4.69) is 15.3 Å². The Morgan fingerprint density at radius 3 is 2.67 bits per heavy atom. The smallest absolute Gasteiger partial charge is 0.239 e. The van der Waals surface area contributed by atoms with Crippen LogP contribution < -0.4 is 16.0 Å². The molecule has 0 aliphatic rings. The van der Waals surface area contributed by atoms with Crippen molar-refractivity contribution in [3.63, 3.8) is 0 Å². The van der Waals surface area contributed by atoms with Gasteiger partial charge in [-0.05, 0) is 29.3 Å². The van der Waals surface area contributed by atoms with Crippen LogP contribution in [0.15, 0.2) is 48.0 Å². The molecule has 0 radical (unpaired) electrons. The summed E-state index contributed by atoms with van der Waals surface area (Å²) in [4.78, 5) is 33.2. The zero-order chi connectivity index (χ0) is 19.4. The van der Waals surface area contributed by atoms with Crippen LogP contribution in [0.3, 0.4) is 0 Å². The fraction of sp³-hybridized carbons (Fsp3) is 0.158. The highest BCUT2D eigenvalue weighted by Crippen LogP contribution is 2.29. The molecular weight excluding hydrogens is 362 g/mol. The van der Waals surface area contributed by atoms with Crippen LogP contribution in [0.2, 0.25) is 0 Å². The fourth-order valence-electron chi connectivity index (χ4n) is 2.43. The molecular formula is C19H19N5O2S. The van der Waals surface area contributed by atoms with Crippen LogP contribution in [-0.4, -0.2) is 35.4 Å². The van der Waals surface area contributed by atoms with Crippen LogP contribution in [-0.2, 0) is 9.59 Å². The number of nitrogens with zero attached hydrogens (tertiary/aromatic N) is 3. The summed E-state index contributed by atoms with van der Waals surface area (Å²) in [6.45, 7) is 1.42. The van der Waals surface area contributed by atoms with E-state index in [1.165, 1.54) is 23.2 Å². The van der Waals surface area contributed by atoms with Gasteiger partial charge in [-0.25, -0.2) is 9.97 Å². The lowest BCUT2D eigenvalue weighted by Crippen LogP contribution is -2.23. The Balaban J connectivity index is 1.89. The zero-order valence-electron chi connectivity index (χ0n) is 15.0. The van der Waals surface area contributed by atoms with Gasteiger partial charge in [0.2, 0.25) is 11.8 Å². The molecule has 0 fully saturated rings. The number of thiazole rings is 1. The van der Waals surface area contributed by atoms with Gasteiger partial charge < -0.3 is 16.0 Å². The molecule has 138 valence electrons. The zero-order valence-corrected chi connectivity index (χ0v) is 15.8. The lowest BCUT2D eigenvalue weighted by atomic mass is 10.0. The second-order valence-electron chi connectivity index (χ2n) is 5.85. The molecule has 8 heteroatoms. The molecule has 0 saturated carbocycles. The van der Waals surface area contributed by atoms with Gasteiger partial charge in [0.1, 0.15) is 5.82 Å². The molecule has 3 rings (SSSR count). The minimum atomic E-state index is -0.274. The second kappa shape index (κ2) is 8.07. The molecule has 0 bridgehead atoms. The first-order valence-electron chi connectivity index (χ1n) is 8.24. The molecule has 7 nitrogen and oxygen atoms in total. The van der Waals surface area contributed by atoms with Crippen molar-refractivity contribution in [2.24, 2.45) is 5.73 Å². The number of carbonyl (C=O) groups excluding carboxylic acids is 2. The van der Waals surface area contributed by atoms with E-state index in [0.29, 0.717) is 10.9 Å². The number of nitrogens with one attached hydrogen (secondary N) is 1. The van der Waals surface area contributed by atoms with Crippen molar-refractivity contribution in [2.75, 3.05) is 23.8 Å². The maximum atomic E-state index is 11.6. The van der Waals surface area contributed by atoms with Crippen LogP contribution in [0.25, 0.3) is 22.4 Å². The Morgan fingerprint density at radius 2 is 1.93 bits per heavy atom. The summed E-state index contributed by atoms with van der Waals surface area (Å²) in [5.41, 5.74) is 8.93. The Bertz CT molecular complexity index is 985. The highest BCUT2D eigenvalue weighted by Gasteiger charge is 2.10. The number of hydrogen-bond acceptors (Lipinski definition) is 6. The summed E-state index contributed by atoms with van der Waals surface area (Å²) in [6.07, 6.45) is 1.68. The average molecular weight is 381 g/mol. The van der Waals surface area contributed by atoms with Crippen LogP contribution >= 0.6 is 11.3 Å². The van der Waals surface area contributed by atoms with E-state index < -0.39 is 0 Å². The third kappa shape index (κ3) is 4.36. The summed E-state index contributed by atoms with van der Waals surface area (Å²) in [5.74, 6) is 0.234. The SMILES string of the molecule is CC(=O)N(C)c1cc(-c2cccc(-c3csc(NC(=O)CN)n3)c2)ccn1. The fourth-order valence-corrected chi connectivity index (χ4v) is 3.17. The minimum absolute atomic E-state index is 0.0799. The Labute approximate surface area is 160 Å². The number of nitrogens with two attached hydrogens (primary N) is 1. The van der Waals surface area contributed by atoms with E-state index >= 15 is 0 Å². The van der Waals surface area contributed by atoms with Crippen molar-refractivity contribution >= 4 is 34.1 Å². The van der Waals surface area contributed by atoms with E-state index in [1.807, 2.05) is 41.8 Å². The maximum absolute atomic E-state index is 11.6. The second-order valence-corrected chi connectivity index (χ2v) is 6.71. The maximum Gasteiger partial charge on any atom is 0.239 e. The van der Waals surface area contributed by atoms with Crippen molar-refractivity contribution in [3.05, 3.63) is 48.0 Å². The topological polar surface area (TPSA) is 101 Å². The number of amides is 2. The van der Waals surface area contributed by atoms with Crippen molar-refractivity contribution in [3.8, 4) is 22.4 Å². The van der Waals surface area contributed by atoms with Gasteiger partial charge in [-0.3, -0.25) is 9.59 Å². The van der Waals surface area contributed by atoms with Gasteiger partial charge in [0, 0.05) is 31.1 Å². The Kier molecular flexibility index (Phi) is 5.58. The molecule has 0 unspecified atom stereocenters. The number of anilines is 2. The molecule has 2 aromatic heterocycles. The predicted molar refractivity (Wildman–Crippen MR) is 108 cm³/mol. The summed E-state index contributed by atoms with van der Waals surface area (Å²) < 4.78 is 0. The third-order valence-corrected chi connectivity index (χ3v) is 4.75. The largest absolute Gasteiger partial charge is 0.322 e. The monoisotopic (exact) mass is 381 g/mol. The van der Waals surface area contributed by atoms with E-state index in [1.54, 1.807) is 13.2 Å². The molecule has 0 saturated heterocycles. The minimum Gasteiger partial charge on any atom is -0.322 e. The van der Waals surface area contributed by atoms with Crippen molar-refractivity contribution in [1.82, 2.24) is 9.97 Å². The molecule has 3 N–H and O–H groups in total. The average Bonchev–Trinajstić information content (AvgIpc) is 3.16. The number of aromatic nitrogens is 2. The quantitative estimate of drug-likeness (QED) is 0.708. The first-order valence-corrected chi connectivity index (χ1v) is 9.12. The molecule has 0 aliphatic carbocycles. The Morgan fingerprint density at radius 1 is 1.19 bits per heavy atom. The summed E-state index contributed by atoms with van der Waals surface area (Å²) >= 11 is 1.35. The number of carbonyl (C=O) groups is 2. The van der Waals surface area contributed by atoms with Gasteiger partial charge in [-0.1, -0.05) is 18.2 Å². The van der Waals surface area contributed by atoms with Crippen LogP contribution in [0.5, 0.6) is 0 Å². The van der Waals surface area contributed by atoms with Crippen LogP contribution in [0.4, 0.5) is 10.9 Å². The van der Waals surface area contributed by atoms with Gasteiger partial charge in [0.15, 0.2) is 5.13 Å². The van der Waals surface area contributed by atoms with Gasteiger partial charge >= 0.3 is 0 Å². The van der Waals surface area contributed by atoms with Crippen molar-refractivity contribution in [1.29, 1.82) is 0 Å². The molecule has 0 spiro atoms. The van der Waals surface area contributed by atoms with Crippen LogP contribution in [0.1, 0.15) is 6.92 Å². The number of pyridine rings is 1. The lowest BCUT2D eigenvalue weighted by molar-refractivity contribution is -0.116. The molecule has 27 heavy (non-hydrogen) atoms. The van der Waals surface area contributed by atoms with Gasteiger partial charge in [0.05, 0.1) is 12.2 Å². The van der Waals surface area contributed by atoms with E-state index in [0.717, 1.165) is 22.4 Å². The van der Waals surface area contributed by atoms with Crippen LogP contribution in [0, 0.1) is 0 Å². The molecule has 2 heterocycles. The first kappa shape index (κ1) is 18.7. The normalized spacial score (nSPS) is 10.5. The lowest BCUT2D eigenvalue weighted by Gasteiger charge is -2.14. The molecule has 2 amide bonds. The van der Waals surface area contributed by atoms with E-state index in [-0.39, 0.29) is 18.4 Å². The summed E-state index contributed by atoms with van der Waals surface area (Å²) in [5, 5.41) is 5.05. The standard InChI is InChI=1S/C19H19N5O2S/c1-12(25)24(2)17-9-14(6-7-21-17)13-4-3-5-15(8-13)16-11-27-19(22-16)23-18(26)10-20/h3-9,11H,10,20H2,1-2H3,(H,22,23,26). The van der Waals surface area contributed by atoms with E-state index in [9.17, 15) is 9.59 Å². The highest BCUT2D eigenvalue weighted by molar-refractivity contribution is 7.14. The molecule has 1 aromatic carbocycles. The van der Waals surface area contributed by atoms with Gasteiger partial charge in [-0.15, -0.1) is 11.3 Å². The molecule has 0 atom stereocenters. The predicted octanol–water partition coefficient (Wildman–Crippen LogP) is 2.75. The van der Waals surface area contributed by atoms with Crippen molar-refractivity contribution < 1.29 is 9.59 Å². The van der Waals surface area contributed by atoms with Gasteiger partial charge in [0.25, 0.3) is 0 Å². The number of rotatable bonds is 5.